The fourth-order valence-electron chi connectivity index (χ4n) is 4.01. The zero-order valence-corrected chi connectivity index (χ0v) is 17.6. The highest BCUT2D eigenvalue weighted by molar-refractivity contribution is 6.35. The minimum Gasteiger partial charge on any atom is -0.374 e. The van der Waals surface area contributed by atoms with Crippen molar-refractivity contribution in [2.45, 2.75) is 25.2 Å². The number of morpholine rings is 2. The maximum atomic E-state index is 12.8. The highest BCUT2D eigenvalue weighted by Crippen LogP contribution is 2.32. The van der Waals surface area contributed by atoms with Gasteiger partial charge < -0.3 is 24.6 Å². The summed E-state index contributed by atoms with van der Waals surface area (Å²) in [5, 5.41) is 4.61. The van der Waals surface area contributed by atoms with E-state index < -0.39 is 6.10 Å². The van der Waals surface area contributed by atoms with Crippen LogP contribution in [0.15, 0.2) is 30.5 Å². The molecule has 1 N–H and O–H groups in total. The molecule has 2 aliphatic heterocycles. The molecule has 8 heteroatoms. The number of ether oxygens (including phenoxy) is 2. The first-order valence-corrected chi connectivity index (χ1v) is 10.4. The van der Waals surface area contributed by atoms with Crippen molar-refractivity contribution in [2.24, 2.45) is 0 Å². The number of aromatic nitrogens is 1. The van der Waals surface area contributed by atoms with E-state index in [0.29, 0.717) is 31.3 Å². The van der Waals surface area contributed by atoms with E-state index in [9.17, 15) is 4.79 Å². The Morgan fingerprint density at radius 1 is 1.31 bits per heavy atom. The van der Waals surface area contributed by atoms with Gasteiger partial charge in [-0.25, -0.2) is 0 Å². The summed E-state index contributed by atoms with van der Waals surface area (Å²) in [6, 6.07) is 7.76. The molecule has 0 bridgehead atoms. The quantitative estimate of drug-likeness (QED) is 0.818. The summed E-state index contributed by atoms with van der Waals surface area (Å²) in [6.07, 6.45) is 1.14. The van der Waals surface area contributed by atoms with Gasteiger partial charge in [0.05, 0.1) is 35.9 Å². The summed E-state index contributed by atoms with van der Waals surface area (Å²) in [7, 11) is 2.06. The van der Waals surface area contributed by atoms with E-state index in [2.05, 4.69) is 27.1 Å². The van der Waals surface area contributed by atoms with E-state index in [4.69, 9.17) is 21.1 Å². The molecule has 2 saturated heterocycles. The lowest BCUT2D eigenvalue weighted by Crippen LogP contribution is -2.54. The Balaban J connectivity index is 1.46. The standard InChI is InChI=1S/C21H27ClN4O3/c1-14-11-26(18-6-5-17(22)20-16(18)4-3-7-23-20)13-19(29-14)21(27)24-10-15-12-25(2)8-9-28-15/h3-7,14-15,19H,8-13H2,1-2H3,(H,24,27)/t14-,15?,19-/m1/s1. The molecule has 1 unspecified atom stereocenters. The van der Waals surface area contributed by atoms with Crippen LogP contribution in [-0.4, -0.2) is 80.5 Å². The molecule has 2 aromatic rings. The topological polar surface area (TPSA) is 66.9 Å². The van der Waals surface area contributed by atoms with E-state index in [-0.39, 0.29) is 18.1 Å². The van der Waals surface area contributed by atoms with E-state index in [1.165, 1.54) is 0 Å². The molecule has 3 heterocycles. The summed E-state index contributed by atoms with van der Waals surface area (Å²) in [4.78, 5) is 21.6. The Labute approximate surface area is 175 Å². The Bertz CT molecular complexity index is 880. The minimum atomic E-state index is -0.539. The number of hydrogen-bond donors (Lipinski definition) is 1. The first kappa shape index (κ1) is 20.3. The monoisotopic (exact) mass is 418 g/mol. The van der Waals surface area contributed by atoms with Crippen LogP contribution in [0.5, 0.6) is 0 Å². The average molecular weight is 419 g/mol. The molecule has 0 spiro atoms. The van der Waals surface area contributed by atoms with Crippen molar-refractivity contribution in [3.05, 3.63) is 35.5 Å². The first-order valence-electron chi connectivity index (χ1n) is 10.0. The van der Waals surface area contributed by atoms with E-state index in [0.717, 1.165) is 29.7 Å². The number of benzene rings is 1. The number of rotatable bonds is 4. The number of amides is 1. The maximum absolute atomic E-state index is 12.8. The van der Waals surface area contributed by atoms with Gasteiger partial charge in [-0.15, -0.1) is 0 Å². The van der Waals surface area contributed by atoms with Crippen LogP contribution in [0.1, 0.15) is 6.92 Å². The zero-order valence-electron chi connectivity index (χ0n) is 16.8. The van der Waals surface area contributed by atoms with Crippen LogP contribution in [0, 0.1) is 0 Å². The van der Waals surface area contributed by atoms with Gasteiger partial charge in [0.2, 0.25) is 0 Å². The van der Waals surface area contributed by atoms with Gasteiger partial charge in [0, 0.05) is 43.4 Å². The lowest BCUT2D eigenvalue weighted by molar-refractivity contribution is -0.138. The third kappa shape index (κ3) is 4.64. The van der Waals surface area contributed by atoms with E-state index in [1.54, 1.807) is 6.20 Å². The summed E-state index contributed by atoms with van der Waals surface area (Å²) in [5.74, 6) is -0.102. The predicted molar refractivity (Wildman–Crippen MR) is 114 cm³/mol. The van der Waals surface area contributed by atoms with Gasteiger partial charge >= 0.3 is 0 Å². The van der Waals surface area contributed by atoms with Crippen LogP contribution in [-0.2, 0) is 14.3 Å². The van der Waals surface area contributed by atoms with Crippen molar-refractivity contribution in [2.75, 3.05) is 51.3 Å². The number of halogens is 1. The Morgan fingerprint density at radius 3 is 3.00 bits per heavy atom. The third-order valence-corrected chi connectivity index (χ3v) is 5.74. The average Bonchev–Trinajstić information content (AvgIpc) is 2.72. The highest BCUT2D eigenvalue weighted by Gasteiger charge is 2.32. The number of hydrogen-bond acceptors (Lipinski definition) is 6. The van der Waals surface area contributed by atoms with Gasteiger partial charge in [-0.1, -0.05) is 11.6 Å². The zero-order chi connectivity index (χ0) is 20.4. The molecule has 0 radical (unpaired) electrons. The lowest BCUT2D eigenvalue weighted by Gasteiger charge is -2.38. The van der Waals surface area contributed by atoms with Gasteiger partial charge in [0.15, 0.2) is 6.10 Å². The van der Waals surface area contributed by atoms with Crippen molar-refractivity contribution in [1.29, 1.82) is 0 Å². The molecule has 2 aliphatic rings. The van der Waals surface area contributed by atoms with Crippen molar-refractivity contribution in [3.63, 3.8) is 0 Å². The summed E-state index contributed by atoms with van der Waals surface area (Å²) in [6.45, 7) is 6.09. The maximum Gasteiger partial charge on any atom is 0.251 e. The molecule has 0 aliphatic carbocycles. The van der Waals surface area contributed by atoms with Crippen LogP contribution in [0.25, 0.3) is 10.9 Å². The van der Waals surface area contributed by atoms with Crippen molar-refractivity contribution in [1.82, 2.24) is 15.2 Å². The van der Waals surface area contributed by atoms with Crippen LogP contribution in [0.4, 0.5) is 5.69 Å². The molecule has 3 atom stereocenters. The molecule has 156 valence electrons. The number of nitrogens with zero attached hydrogens (tertiary/aromatic N) is 3. The number of pyridine rings is 1. The summed E-state index contributed by atoms with van der Waals surface area (Å²) >= 11 is 6.32. The van der Waals surface area contributed by atoms with Gasteiger partial charge in [0.25, 0.3) is 5.91 Å². The van der Waals surface area contributed by atoms with Crippen LogP contribution >= 0.6 is 11.6 Å². The van der Waals surface area contributed by atoms with Gasteiger partial charge in [0.1, 0.15) is 0 Å². The van der Waals surface area contributed by atoms with Crippen LogP contribution in [0.2, 0.25) is 5.02 Å². The molecule has 2 fully saturated rings. The SMILES string of the molecule is C[C@@H]1CN(c2ccc(Cl)c3ncccc23)C[C@H](C(=O)NCC2CN(C)CCO2)O1. The molecular weight excluding hydrogens is 392 g/mol. The fourth-order valence-corrected chi connectivity index (χ4v) is 4.22. The van der Waals surface area contributed by atoms with Gasteiger partial charge in [-0.3, -0.25) is 9.78 Å². The number of likely N-dealkylation sites (N-methyl/N-ethyl adjacent to an activating group) is 1. The largest absolute Gasteiger partial charge is 0.374 e. The number of anilines is 1. The Morgan fingerprint density at radius 2 is 2.17 bits per heavy atom. The molecule has 4 rings (SSSR count). The number of fused-ring (bicyclic) bond motifs is 1. The van der Waals surface area contributed by atoms with Crippen molar-refractivity contribution >= 4 is 34.1 Å². The number of nitrogens with one attached hydrogen (secondary N) is 1. The smallest absolute Gasteiger partial charge is 0.251 e. The number of carbonyl (C=O) groups excluding carboxylic acids is 1. The van der Waals surface area contributed by atoms with Crippen molar-refractivity contribution in [3.8, 4) is 0 Å². The summed E-state index contributed by atoms with van der Waals surface area (Å²) in [5.41, 5.74) is 1.79. The normalized spacial score (nSPS) is 25.9. The lowest BCUT2D eigenvalue weighted by atomic mass is 10.1. The molecule has 7 nitrogen and oxygen atoms in total. The molecule has 0 saturated carbocycles. The molecule has 1 aromatic heterocycles. The second kappa shape index (κ2) is 8.83. The van der Waals surface area contributed by atoms with E-state index in [1.807, 2.05) is 31.2 Å². The second-order valence-electron chi connectivity index (χ2n) is 7.81. The Hall–Kier alpha value is -1.93. The molecule has 1 amide bonds. The first-order chi connectivity index (χ1) is 14.0. The molecular formula is C21H27ClN4O3. The minimum absolute atomic E-state index is 0.0149. The Kier molecular flexibility index (Phi) is 6.20. The fraction of sp³-hybridized carbons (Fsp3) is 0.524. The number of carbonyl (C=O) groups is 1. The van der Waals surface area contributed by atoms with E-state index >= 15 is 0 Å². The van der Waals surface area contributed by atoms with Crippen LogP contribution < -0.4 is 10.2 Å². The molecule has 29 heavy (non-hydrogen) atoms. The van der Waals surface area contributed by atoms with Crippen LogP contribution in [0.3, 0.4) is 0 Å². The molecule has 1 aromatic carbocycles. The summed E-state index contributed by atoms with van der Waals surface area (Å²) < 4.78 is 11.7. The van der Waals surface area contributed by atoms with Gasteiger partial charge in [-0.05, 0) is 38.2 Å². The third-order valence-electron chi connectivity index (χ3n) is 5.44. The second-order valence-corrected chi connectivity index (χ2v) is 8.21. The van der Waals surface area contributed by atoms with Gasteiger partial charge in [-0.2, -0.15) is 0 Å². The predicted octanol–water partition coefficient (Wildman–Crippen LogP) is 1.93. The van der Waals surface area contributed by atoms with Crippen molar-refractivity contribution < 1.29 is 14.3 Å². The highest BCUT2D eigenvalue weighted by atomic mass is 35.5.